The van der Waals surface area contributed by atoms with E-state index in [1.165, 1.54) is 18.5 Å². The van der Waals surface area contributed by atoms with Crippen molar-refractivity contribution in [3.63, 3.8) is 0 Å². The number of aliphatic carboxylic acids is 1. The highest BCUT2D eigenvalue weighted by Gasteiger charge is 2.13. The van der Waals surface area contributed by atoms with Crippen LogP contribution < -0.4 is 0 Å². The number of carbonyl (C=O) groups is 2. The van der Waals surface area contributed by atoms with E-state index < -0.39 is 5.97 Å². The standard InChI is InChI=1S/C14H18N2O3/c1-10(2)9-16(3)14(19)12-6-11(7-15-8-12)4-5-13(17)18/h4-8,10H,9H2,1-3H3,(H,17,18)/b5-4+. The van der Waals surface area contributed by atoms with Gasteiger partial charge in [0.05, 0.1) is 5.56 Å². The summed E-state index contributed by atoms with van der Waals surface area (Å²) in [5.41, 5.74) is 1.04. The summed E-state index contributed by atoms with van der Waals surface area (Å²) in [5.74, 6) is -0.766. The molecule has 0 aliphatic carbocycles. The Labute approximate surface area is 112 Å². The SMILES string of the molecule is CC(C)CN(C)C(=O)c1cncc(/C=C/C(=O)O)c1. The van der Waals surface area contributed by atoms with Crippen LogP contribution in [0.4, 0.5) is 0 Å². The summed E-state index contributed by atoms with van der Waals surface area (Å²) in [6.07, 6.45) is 5.42. The molecule has 0 saturated carbocycles. The third-order valence-electron chi connectivity index (χ3n) is 2.41. The summed E-state index contributed by atoms with van der Waals surface area (Å²) >= 11 is 0. The van der Waals surface area contributed by atoms with E-state index in [-0.39, 0.29) is 5.91 Å². The molecule has 1 rings (SSSR count). The van der Waals surface area contributed by atoms with Crippen molar-refractivity contribution in [1.29, 1.82) is 0 Å². The van der Waals surface area contributed by atoms with Gasteiger partial charge in [-0.2, -0.15) is 0 Å². The van der Waals surface area contributed by atoms with Crippen LogP contribution in [0.1, 0.15) is 29.8 Å². The van der Waals surface area contributed by atoms with Gasteiger partial charge in [-0.15, -0.1) is 0 Å². The van der Waals surface area contributed by atoms with Gasteiger partial charge in [-0.25, -0.2) is 4.79 Å². The van der Waals surface area contributed by atoms with Gasteiger partial charge < -0.3 is 10.0 Å². The molecule has 1 aromatic rings. The monoisotopic (exact) mass is 262 g/mol. The topological polar surface area (TPSA) is 70.5 Å². The van der Waals surface area contributed by atoms with E-state index in [4.69, 9.17) is 5.11 Å². The lowest BCUT2D eigenvalue weighted by atomic mass is 10.1. The van der Waals surface area contributed by atoms with Gasteiger partial charge in [0.25, 0.3) is 5.91 Å². The maximum Gasteiger partial charge on any atom is 0.328 e. The second-order valence-corrected chi connectivity index (χ2v) is 4.76. The van der Waals surface area contributed by atoms with Gasteiger partial charge in [-0.05, 0) is 23.6 Å². The largest absolute Gasteiger partial charge is 0.478 e. The van der Waals surface area contributed by atoms with Gasteiger partial charge in [0, 0.05) is 32.1 Å². The molecule has 0 unspecified atom stereocenters. The molecule has 0 radical (unpaired) electrons. The fourth-order valence-corrected chi connectivity index (χ4v) is 1.68. The molecule has 5 nitrogen and oxygen atoms in total. The van der Waals surface area contributed by atoms with Crippen LogP contribution in [-0.4, -0.2) is 40.5 Å². The van der Waals surface area contributed by atoms with Crippen LogP contribution in [0.3, 0.4) is 0 Å². The Morgan fingerprint density at radius 2 is 2.11 bits per heavy atom. The van der Waals surface area contributed by atoms with Crippen LogP contribution >= 0.6 is 0 Å². The number of hydrogen-bond acceptors (Lipinski definition) is 3. The quantitative estimate of drug-likeness (QED) is 0.823. The van der Waals surface area contributed by atoms with Gasteiger partial charge >= 0.3 is 5.97 Å². The van der Waals surface area contributed by atoms with E-state index >= 15 is 0 Å². The van der Waals surface area contributed by atoms with Crippen LogP contribution in [0.5, 0.6) is 0 Å². The Morgan fingerprint density at radius 1 is 1.42 bits per heavy atom. The highest BCUT2D eigenvalue weighted by Crippen LogP contribution is 2.08. The first-order valence-electron chi connectivity index (χ1n) is 6.01. The molecule has 0 aromatic carbocycles. The molecule has 1 heterocycles. The molecule has 0 fully saturated rings. The Morgan fingerprint density at radius 3 is 2.68 bits per heavy atom. The van der Waals surface area contributed by atoms with Crippen LogP contribution in [0.25, 0.3) is 6.08 Å². The number of pyridine rings is 1. The van der Waals surface area contributed by atoms with Gasteiger partial charge in [-0.1, -0.05) is 13.8 Å². The van der Waals surface area contributed by atoms with Crippen molar-refractivity contribution in [2.75, 3.05) is 13.6 Å². The number of amides is 1. The Balaban J connectivity index is 2.86. The van der Waals surface area contributed by atoms with Crippen molar-refractivity contribution < 1.29 is 14.7 Å². The molecule has 0 saturated heterocycles. The first kappa shape index (κ1) is 14.9. The van der Waals surface area contributed by atoms with E-state index in [1.807, 2.05) is 13.8 Å². The summed E-state index contributed by atoms with van der Waals surface area (Å²) in [6.45, 7) is 4.73. The summed E-state index contributed by atoms with van der Waals surface area (Å²) < 4.78 is 0. The average molecular weight is 262 g/mol. The Kier molecular flexibility index (Phi) is 5.23. The summed E-state index contributed by atoms with van der Waals surface area (Å²) in [4.78, 5) is 28.1. The van der Waals surface area contributed by atoms with Crippen molar-refractivity contribution in [2.24, 2.45) is 5.92 Å². The van der Waals surface area contributed by atoms with Crippen LogP contribution in [0, 0.1) is 5.92 Å². The highest BCUT2D eigenvalue weighted by atomic mass is 16.4. The molecule has 1 amide bonds. The molecule has 0 atom stereocenters. The van der Waals surface area contributed by atoms with Gasteiger partial charge in [0.15, 0.2) is 0 Å². The first-order chi connectivity index (χ1) is 8.90. The molecule has 102 valence electrons. The van der Waals surface area contributed by atoms with E-state index in [2.05, 4.69) is 4.98 Å². The first-order valence-corrected chi connectivity index (χ1v) is 6.01. The zero-order valence-corrected chi connectivity index (χ0v) is 11.3. The molecule has 5 heteroatoms. The van der Waals surface area contributed by atoms with Gasteiger partial charge in [0.1, 0.15) is 0 Å². The second-order valence-electron chi connectivity index (χ2n) is 4.76. The molecule has 0 aliphatic rings. The zero-order valence-electron chi connectivity index (χ0n) is 11.3. The van der Waals surface area contributed by atoms with E-state index in [9.17, 15) is 9.59 Å². The fourth-order valence-electron chi connectivity index (χ4n) is 1.68. The number of aromatic nitrogens is 1. The molecule has 0 aliphatic heterocycles. The Hall–Kier alpha value is -2.17. The summed E-state index contributed by atoms with van der Waals surface area (Å²) in [7, 11) is 1.74. The molecule has 1 N–H and O–H groups in total. The minimum absolute atomic E-state index is 0.119. The third-order valence-corrected chi connectivity index (χ3v) is 2.41. The number of carbonyl (C=O) groups excluding carboxylic acids is 1. The summed E-state index contributed by atoms with van der Waals surface area (Å²) in [5, 5.41) is 8.56. The van der Waals surface area contributed by atoms with Crippen LogP contribution in [0.2, 0.25) is 0 Å². The van der Waals surface area contributed by atoms with Crippen molar-refractivity contribution in [2.45, 2.75) is 13.8 Å². The smallest absolute Gasteiger partial charge is 0.328 e. The van der Waals surface area contributed by atoms with Crippen LogP contribution in [0.15, 0.2) is 24.5 Å². The lowest BCUT2D eigenvalue weighted by Crippen LogP contribution is -2.30. The minimum Gasteiger partial charge on any atom is -0.478 e. The normalized spacial score (nSPS) is 10.9. The molecular formula is C14H18N2O3. The number of carboxylic acids is 1. The fraction of sp³-hybridized carbons (Fsp3) is 0.357. The molecule has 0 bridgehead atoms. The predicted octanol–water partition coefficient (Wildman–Crippen LogP) is 1.91. The van der Waals surface area contributed by atoms with Gasteiger partial charge in [0.2, 0.25) is 0 Å². The minimum atomic E-state index is -1.03. The number of rotatable bonds is 5. The van der Waals surface area contributed by atoms with Crippen molar-refractivity contribution in [3.05, 3.63) is 35.7 Å². The molecule has 0 spiro atoms. The van der Waals surface area contributed by atoms with Crippen molar-refractivity contribution >= 4 is 18.0 Å². The molecular weight excluding hydrogens is 244 g/mol. The predicted molar refractivity (Wildman–Crippen MR) is 72.7 cm³/mol. The van der Waals surface area contributed by atoms with E-state index in [0.29, 0.717) is 23.6 Å². The summed E-state index contributed by atoms with van der Waals surface area (Å²) in [6, 6.07) is 1.63. The lowest BCUT2D eigenvalue weighted by molar-refractivity contribution is -0.131. The molecule has 1 aromatic heterocycles. The van der Waals surface area contributed by atoms with Crippen molar-refractivity contribution in [1.82, 2.24) is 9.88 Å². The maximum absolute atomic E-state index is 12.1. The highest BCUT2D eigenvalue weighted by molar-refractivity contribution is 5.94. The molecule has 19 heavy (non-hydrogen) atoms. The number of hydrogen-bond donors (Lipinski definition) is 1. The lowest BCUT2D eigenvalue weighted by Gasteiger charge is -2.19. The van der Waals surface area contributed by atoms with Gasteiger partial charge in [-0.3, -0.25) is 9.78 Å². The van der Waals surface area contributed by atoms with E-state index in [0.717, 1.165) is 6.08 Å². The number of nitrogens with zero attached hydrogens (tertiary/aromatic N) is 2. The Bertz CT molecular complexity index is 495. The van der Waals surface area contributed by atoms with Crippen molar-refractivity contribution in [3.8, 4) is 0 Å². The van der Waals surface area contributed by atoms with E-state index in [1.54, 1.807) is 18.0 Å². The maximum atomic E-state index is 12.1. The zero-order chi connectivity index (χ0) is 14.4. The third kappa shape index (κ3) is 4.91. The van der Waals surface area contributed by atoms with Crippen LogP contribution in [-0.2, 0) is 4.79 Å². The number of carboxylic acid groups (broad SMARTS) is 1. The second kappa shape index (κ2) is 6.68. The average Bonchev–Trinajstić information content (AvgIpc) is 2.35.